The van der Waals surface area contributed by atoms with Crippen LogP contribution in [0.2, 0.25) is 0 Å². The van der Waals surface area contributed by atoms with Crippen molar-refractivity contribution in [1.29, 1.82) is 0 Å². The molecule has 4 heteroatoms. The Labute approximate surface area is 191 Å². The molecule has 0 radical (unpaired) electrons. The third-order valence-corrected chi connectivity index (χ3v) is 6.69. The number of nitrogens with zero attached hydrogens (tertiary/aromatic N) is 4. The molecule has 0 amide bonds. The van der Waals surface area contributed by atoms with E-state index in [-0.39, 0.29) is 0 Å². The lowest BCUT2D eigenvalue weighted by Crippen LogP contribution is -2.00. The molecule has 0 saturated carbocycles. The molecule has 6 aromatic rings. The summed E-state index contributed by atoms with van der Waals surface area (Å²) >= 11 is 0. The molecule has 1 aliphatic rings. The van der Waals surface area contributed by atoms with Crippen LogP contribution in [0.5, 0.6) is 0 Å². The van der Waals surface area contributed by atoms with Gasteiger partial charge in [0.1, 0.15) is 16.7 Å². The first-order valence-electron chi connectivity index (χ1n) is 11.4. The van der Waals surface area contributed by atoms with Gasteiger partial charge in [0.25, 0.3) is 0 Å². The Kier molecular flexibility index (Phi) is 3.85. The van der Waals surface area contributed by atoms with Crippen molar-refractivity contribution < 1.29 is 0 Å². The predicted octanol–water partition coefficient (Wildman–Crippen LogP) is 7.18. The predicted molar refractivity (Wildman–Crippen MR) is 137 cm³/mol. The molecule has 33 heavy (non-hydrogen) atoms. The van der Waals surface area contributed by atoms with E-state index in [1.165, 1.54) is 27.5 Å². The van der Waals surface area contributed by atoms with E-state index < -0.39 is 0 Å². The number of benzene rings is 2. The van der Waals surface area contributed by atoms with Crippen molar-refractivity contribution in [2.45, 2.75) is 19.8 Å². The van der Waals surface area contributed by atoms with Crippen molar-refractivity contribution >= 4 is 49.7 Å². The van der Waals surface area contributed by atoms with Crippen LogP contribution in [-0.2, 0) is 0 Å². The summed E-state index contributed by atoms with van der Waals surface area (Å²) in [6, 6.07) is 23.7. The number of aryl methyl sites for hydroxylation is 1. The average Bonchev–Trinajstić information content (AvgIpc) is 3.36. The zero-order valence-corrected chi connectivity index (χ0v) is 18.4. The summed E-state index contributed by atoms with van der Waals surface area (Å²) in [5, 5.41) is 2.40. The third kappa shape index (κ3) is 2.64. The maximum Gasteiger partial charge on any atom is 0.146 e. The van der Waals surface area contributed by atoms with Crippen LogP contribution >= 0.6 is 0 Å². The summed E-state index contributed by atoms with van der Waals surface area (Å²) in [4.78, 5) is 10.1. The Morgan fingerprint density at radius 2 is 1.64 bits per heavy atom. The molecule has 0 bridgehead atoms. The molecule has 4 heterocycles. The van der Waals surface area contributed by atoms with Crippen molar-refractivity contribution in [1.82, 2.24) is 19.1 Å². The Bertz CT molecular complexity index is 1760. The van der Waals surface area contributed by atoms with Crippen LogP contribution < -0.4 is 0 Å². The molecule has 4 aromatic heterocycles. The van der Waals surface area contributed by atoms with Crippen LogP contribution in [0.15, 0.2) is 91.2 Å². The van der Waals surface area contributed by atoms with E-state index in [0.29, 0.717) is 0 Å². The molecule has 0 spiro atoms. The van der Waals surface area contributed by atoms with Crippen molar-refractivity contribution in [3.63, 3.8) is 0 Å². The highest BCUT2D eigenvalue weighted by atomic mass is 15.1. The minimum atomic E-state index is 0.935. The number of hydrogen-bond acceptors (Lipinski definition) is 2. The highest BCUT2D eigenvalue weighted by Gasteiger charge is 2.20. The van der Waals surface area contributed by atoms with E-state index in [1.54, 1.807) is 0 Å². The minimum Gasteiger partial charge on any atom is -0.306 e. The van der Waals surface area contributed by atoms with Crippen LogP contribution in [0.4, 0.5) is 0 Å². The molecule has 0 atom stereocenters. The normalized spacial score (nSPS) is 14.0. The molecule has 0 unspecified atom stereocenters. The molecule has 1 aliphatic carbocycles. The van der Waals surface area contributed by atoms with Crippen molar-refractivity contribution in [3.05, 3.63) is 96.7 Å². The number of para-hydroxylation sites is 1. The smallest absolute Gasteiger partial charge is 0.146 e. The molecule has 2 aromatic carbocycles. The fourth-order valence-corrected chi connectivity index (χ4v) is 5.15. The van der Waals surface area contributed by atoms with E-state index in [0.717, 1.165) is 46.2 Å². The highest BCUT2D eigenvalue weighted by Crippen LogP contribution is 2.37. The molecule has 0 aliphatic heterocycles. The molecular weight excluding hydrogens is 404 g/mol. The highest BCUT2D eigenvalue weighted by molar-refractivity contribution is 6.15. The summed E-state index contributed by atoms with van der Waals surface area (Å²) in [5.41, 5.74) is 9.89. The summed E-state index contributed by atoms with van der Waals surface area (Å²) in [7, 11) is 0. The Hall–Kier alpha value is -4.18. The largest absolute Gasteiger partial charge is 0.306 e. The van der Waals surface area contributed by atoms with E-state index in [1.807, 2.05) is 12.3 Å². The molecule has 4 nitrogen and oxygen atoms in total. The number of aromatic nitrogens is 4. The van der Waals surface area contributed by atoms with E-state index in [2.05, 4.69) is 94.9 Å². The molecule has 0 fully saturated rings. The van der Waals surface area contributed by atoms with Crippen LogP contribution in [0, 0.1) is 6.92 Å². The van der Waals surface area contributed by atoms with Crippen LogP contribution in [-0.4, -0.2) is 19.1 Å². The Morgan fingerprint density at radius 3 is 2.48 bits per heavy atom. The number of allylic oxidation sites excluding steroid dienone is 4. The van der Waals surface area contributed by atoms with Gasteiger partial charge in [-0.05, 0) is 62.2 Å². The van der Waals surface area contributed by atoms with Gasteiger partial charge in [0.15, 0.2) is 0 Å². The van der Waals surface area contributed by atoms with Gasteiger partial charge in [0.2, 0.25) is 0 Å². The van der Waals surface area contributed by atoms with Gasteiger partial charge in [-0.25, -0.2) is 4.98 Å². The lowest BCUT2D eigenvalue weighted by atomic mass is 10.1. The number of fused-ring (bicyclic) bond motifs is 6. The zero-order valence-electron chi connectivity index (χ0n) is 18.4. The monoisotopic (exact) mass is 426 g/mol. The van der Waals surface area contributed by atoms with Crippen molar-refractivity contribution in [2.75, 3.05) is 0 Å². The first-order valence-corrected chi connectivity index (χ1v) is 11.4. The summed E-state index contributed by atoms with van der Waals surface area (Å²) in [5.74, 6) is 0. The first kappa shape index (κ1) is 18.4. The molecule has 0 saturated heterocycles. The van der Waals surface area contributed by atoms with Crippen LogP contribution in [0.3, 0.4) is 0 Å². The van der Waals surface area contributed by atoms with E-state index in [9.17, 15) is 0 Å². The summed E-state index contributed by atoms with van der Waals surface area (Å²) in [6.07, 6.45) is 10.5. The van der Waals surface area contributed by atoms with Gasteiger partial charge in [-0.15, -0.1) is 0 Å². The first-order chi connectivity index (χ1) is 16.3. The Balaban J connectivity index is 1.66. The topological polar surface area (TPSA) is 35.6 Å². The van der Waals surface area contributed by atoms with Crippen LogP contribution in [0.1, 0.15) is 18.4 Å². The Morgan fingerprint density at radius 1 is 0.788 bits per heavy atom. The van der Waals surface area contributed by atoms with E-state index in [4.69, 9.17) is 9.97 Å². The third-order valence-electron chi connectivity index (χ3n) is 6.69. The average molecular weight is 427 g/mol. The molecule has 7 rings (SSSR count). The van der Waals surface area contributed by atoms with Gasteiger partial charge in [-0.3, -0.25) is 9.55 Å². The van der Waals surface area contributed by atoms with Gasteiger partial charge in [-0.1, -0.05) is 48.0 Å². The SMILES string of the molecule is Cc1ccc(-n2c3cccnc3c3nc4c(cc32)c2ccccc2n4C2=CC=CCC2)cc1. The summed E-state index contributed by atoms with van der Waals surface area (Å²) < 4.78 is 4.63. The number of hydrogen-bond donors (Lipinski definition) is 0. The van der Waals surface area contributed by atoms with Gasteiger partial charge < -0.3 is 4.57 Å². The van der Waals surface area contributed by atoms with E-state index >= 15 is 0 Å². The number of rotatable bonds is 2. The molecule has 0 N–H and O–H groups in total. The van der Waals surface area contributed by atoms with Crippen molar-refractivity contribution in [3.8, 4) is 5.69 Å². The van der Waals surface area contributed by atoms with Gasteiger partial charge >= 0.3 is 0 Å². The summed E-state index contributed by atoms with van der Waals surface area (Å²) in [6.45, 7) is 2.12. The van der Waals surface area contributed by atoms with Gasteiger partial charge in [-0.2, -0.15) is 0 Å². The zero-order chi connectivity index (χ0) is 21.9. The quantitative estimate of drug-likeness (QED) is 0.294. The molecule has 158 valence electrons. The maximum absolute atomic E-state index is 5.30. The maximum atomic E-state index is 5.30. The fourth-order valence-electron chi connectivity index (χ4n) is 5.15. The molecular formula is C29H22N4. The second-order valence-corrected chi connectivity index (χ2v) is 8.75. The second kappa shape index (κ2) is 6.91. The van der Waals surface area contributed by atoms with Crippen molar-refractivity contribution in [2.24, 2.45) is 0 Å². The fraction of sp³-hybridized carbons (Fsp3) is 0.103. The van der Waals surface area contributed by atoms with Gasteiger partial charge in [0.05, 0.1) is 16.6 Å². The van der Waals surface area contributed by atoms with Crippen LogP contribution in [0.25, 0.3) is 55.4 Å². The number of pyridine rings is 2. The second-order valence-electron chi connectivity index (χ2n) is 8.75. The minimum absolute atomic E-state index is 0.935. The lowest BCUT2D eigenvalue weighted by Gasteiger charge is -2.13. The standard InChI is InChI=1S/C29H22N4/c1-19-13-15-21(16-14-19)32-25-12-7-17-30-27(25)28-26(32)18-23-22-10-5-6-11-24(22)33(29(23)31-28)20-8-3-2-4-9-20/h2-3,5-8,10-18H,4,9H2,1H3. The van der Waals surface area contributed by atoms with Gasteiger partial charge in [0, 0.05) is 28.4 Å². The lowest BCUT2D eigenvalue weighted by molar-refractivity contribution is 0.973.